The molecule has 1 aliphatic rings. The van der Waals surface area contributed by atoms with Crippen molar-refractivity contribution in [3.8, 4) is 0 Å². The van der Waals surface area contributed by atoms with Crippen LogP contribution < -0.4 is 10.6 Å². The molecule has 0 aliphatic carbocycles. The number of carbonyl (C=O) groups excluding carboxylic acids is 1. The molecule has 0 bridgehead atoms. The Morgan fingerprint density at radius 1 is 1.15 bits per heavy atom. The maximum Gasteiger partial charge on any atom is 0.326 e. The molecule has 4 N–H and O–H groups in total. The van der Waals surface area contributed by atoms with Gasteiger partial charge in [-0.3, -0.25) is 4.79 Å². The normalized spacial score (nSPS) is 19.8. The molecule has 1 rings (SSSR count). The quantitative estimate of drug-likeness (QED) is 0.497. The lowest BCUT2D eigenvalue weighted by molar-refractivity contribution is -0.145. The highest BCUT2D eigenvalue weighted by Crippen LogP contribution is 2.11. The third-order valence-electron chi connectivity index (χ3n) is 2.87. The van der Waals surface area contributed by atoms with Crippen LogP contribution in [0.25, 0.3) is 0 Å². The van der Waals surface area contributed by atoms with E-state index in [0.29, 0.717) is 0 Å². The lowest BCUT2D eigenvalue weighted by Crippen LogP contribution is -2.51. The summed E-state index contributed by atoms with van der Waals surface area (Å²) in [5.74, 6) is -2.86. The minimum absolute atomic E-state index is 0.0323. The van der Waals surface area contributed by atoms with Gasteiger partial charge < -0.3 is 20.8 Å². The number of aliphatic carboxylic acids is 2. The van der Waals surface area contributed by atoms with E-state index in [-0.39, 0.29) is 30.4 Å². The minimum Gasteiger partial charge on any atom is -0.481 e. The summed E-state index contributed by atoms with van der Waals surface area (Å²) in [5.41, 5.74) is 0. The van der Waals surface area contributed by atoms with E-state index in [1.807, 2.05) is 5.32 Å². The minimum atomic E-state index is -3.05. The zero-order chi connectivity index (χ0) is 15.3. The number of carboxylic acids is 2. The van der Waals surface area contributed by atoms with Crippen molar-refractivity contribution in [3.05, 3.63) is 0 Å². The average Bonchev–Trinajstić information content (AvgIpc) is 2.30. The largest absolute Gasteiger partial charge is 0.481 e. The average molecular weight is 308 g/mol. The van der Waals surface area contributed by atoms with Gasteiger partial charge in [0.25, 0.3) is 0 Å². The van der Waals surface area contributed by atoms with Crippen LogP contribution in [0.5, 0.6) is 0 Å². The van der Waals surface area contributed by atoms with Gasteiger partial charge in [0, 0.05) is 6.04 Å². The molecule has 1 heterocycles. The summed E-state index contributed by atoms with van der Waals surface area (Å²) in [6.45, 7) is 0. The number of carboxylic acid groups (broad SMARTS) is 2. The monoisotopic (exact) mass is 308 g/mol. The predicted molar refractivity (Wildman–Crippen MR) is 67.0 cm³/mol. The van der Waals surface area contributed by atoms with Crippen LogP contribution in [0.3, 0.4) is 0 Å². The van der Waals surface area contributed by atoms with Crippen molar-refractivity contribution in [1.82, 2.24) is 10.6 Å². The fraction of sp³-hybridized carbons (Fsp3) is 0.700. The summed E-state index contributed by atoms with van der Waals surface area (Å²) < 4.78 is 22.4. The zero-order valence-corrected chi connectivity index (χ0v) is 11.4. The number of hydrogen-bond acceptors (Lipinski definition) is 5. The highest BCUT2D eigenvalue weighted by atomic mass is 32.2. The first-order valence-corrected chi connectivity index (χ1v) is 7.74. The first-order valence-electron chi connectivity index (χ1n) is 5.91. The van der Waals surface area contributed by atoms with Crippen molar-refractivity contribution in [2.24, 2.45) is 0 Å². The molecule has 0 radical (unpaired) electrons. The second-order valence-electron chi connectivity index (χ2n) is 4.53. The van der Waals surface area contributed by atoms with E-state index in [0.717, 1.165) is 0 Å². The van der Waals surface area contributed by atoms with Gasteiger partial charge in [-0.05, 0) is 12.8 Å². The molecule has 1 fully saturated rings. The fourth-order valence-electron chi connectivity index (χ4n) is 1.79. The Hall–Kier alpha value is -1.84. The van der Waals surface area contributed by atoms with Crippen LogP contribution >= 0.6 is 0 Å². The molecule has 1 atom stereocenters. The molecular formula is C10H16N2O7S. The van der Waals surface area contributed by atoms with E-state index in [2.05, 4.69) is 5.32 Å². The summed E-state index contributed by atoms with van der Waals surface area (Å²) in [6.07, 6.45) is -0.222. The molecular weight excluding hydrogens is 292 g/mol. The topological polar surface area (TPSA) is 150 Å². The molecule has 0 aromatic carbocycles. The molecule has 20 heavy (non-hydrogen) atoms. The highest BCUT2D eigenvalue weighted by molar-refractivity contribution is 7.91. The van der Waals surface area contributed by atoms with Crippen molar-refractivity contribution in [2.45, 2.75) is 31.3 Å². The summed E-state index contributed by atoms with van der Waals surface area (Å²) >= 11 is 0. The van der Waals surface area contributed by atoms with Gasteiger partial charge in [0.1, 0.15) is 15.9 Å². The Bertz CT molecular complexity index is 488. The molecule has 0 spiro atoms. The first-order chi connectivity index (χ1) is 9.19. The van der Waals surface area contributed by atoms with Crippen molar-refractivity contribution >= 4 is 27.8 Å². The summed E-state index contributed by atoms with van der Waals surface area (Å²) in [7, 11) is -3.05. The molecule has 1 aliphatic heterocycles. The van der Waals surface area contributed by atoms with E-state index in [1.165, 1.54) is 0 Å². The Morgan fingerprint density at radius 3 is 2.15 bits per heavy atom. The van der Waals surface area contributed by atoms with E-state index in [1.54, 1.807) is 0 Å². The molecule has 0 aromatic heterocycles. The van der Waals surface area contributed by atoms with Crippen LogP contribution in [0.15, 0.2) is 0 Å². The van der Waals surface area contributed by atoms with Gasteiger partial charge in [-0.15, -0.1) is 0 Å². The van der Waals surface area contributed by atoms with Crippen LogP contribution in [-0.2, 0) is 19.4 Å². The molecule has 0 aromatic rings. The van der Waals surface area contributed by atoms with Gasteiger partial charge in [0.2, 0.25) is 0 Å². The summed E-state index contributed by atoms with van der Waals surface area (Å²) in [4.78, 5) is 32.8. The first kappa shape index (κ1) is 16.2. The van der Waals surface area contributed by atoms with Crippen molar-refractivity contribution in [2.75, 3.05) is 11.5 Å². The van der Waals surface area contributed by atoms with Crippen molar-refractivity contribution in [3.63, 3.8) is 0 Å². The number of rotatable bonds is 5. The number of carbonyl (C=O) groups is 3. The smallest absolute Gasteiger partial charge is 0.326 e. The van der Waals surface area contributed by atoms with Crippen LogP contribution in [0.2, 0.25) is 0 Å². The third-order valence-corrected chi connectivity index (χ3v) is 4.59. The van der Waals surface area contributed by atoms with Gasteiger partial charge in [-0.2, -0.15) is 0 Å². The SMILES string of the molecule is O=C(O)C[C@@H](NC(=O)NC1CCS(=O)(=O)CC1)C(=O)O. The van der Waals surface area contributed by atoms with Crippen molar-refractivity contribution < 1.29 is 33.0 Å². The Labute approximate surface area is 115 Å². The molecule has 9 nitrogen and oxygen atoms in total. The number of urea groups is 1. The Kier molecular flexibility index (Phi) is 5.31. The van der Waals surface area contributed by atoms with Gasteiger partial charge in [-0.1, -0.05) is 0 Å². The van der Waals surface area contributed by atoms with Crippen LogP contribution in [-0.4, -0.2) is 60.2 Å². The standard InChI is InChI=1S/C10H16N2O7S/c13-8(14)5-7(9(15)16)12-10(17)11-6-1-3-20(18,19)4-2-6/h6-7H,1-5H2,(H,13,14)(H,15,16)(H2,11,12,17)/t7-/m1/s1. The number of amides is 2. The van der Waals surface area contributed by atoms with Crippen LogP contribution in [0, 0.1) is 0 Å². The van der Waals surface area contributed by atoms with E-state index >= 15 is 0 Å². The second-order valence-corrected chi connectivity index (χ2v) is 6.84. The van der Waals surface area contributed by atoms with Gasteiger partial charge >= 0.3 is 18.0 Å². The highest BCUT2D eigenvalue weighted by Gasteiger charge is 2.27. The van der Waals surface area contributed by atoms with Gasteiger partial charge in [-0.25, -0.2) is 18.0 Å². The Balaban J connectivity index is 2.46. The van der Waals surface area contributed by atoms with Crippen molar-refractivity contribution in [1.29, 1.82) is 0 Å². The molecule has 2 amide bonds. The fourth-order valence-corrected chi connectivity index (χ4v) is 3.29. The predicted octanol–water partition coefficient (Wildman–Crippen LogP) is -1.21. The number of nitrogens with one attached hydrogen (secondary N) is 2. The maximum absolute atomic E-state index is 11.5. The molecule has 1 saturated heterocycles. The van der Waals surface area contributed by atoms with Crippen LogP contribution in [0.1, 0.15) is 19.3 Å². The number of sulfone groups is 1. The van der Waals surface area contributed by atoms with Gasteiger partial charge in [0.15, 0.2) is 0 Å². The molecule has 0 unspecified atom stereocenters. The van der Waals surface area contributed by atoms with E-state index in [4.69, 9.17) is 10.2 Å². The van der Waals surface area contributed by atoms with Gasteiger partial charge in [0.05, 0.1) is 17.9 Å². The van der Waals surface area contributed by atoms with Crippen LogP contribution in [0.4, 0.5) is 4.79 Å². The molecule has 0 saturated carbocycles. The number of hydrogen-bond donors (Lipinski definition) is 4. The lowest BCUT2D eigenvalue weighted by Gasteiger charge is -2.24. The maximum atomic E-state index is 11.5. The Morgan fingerprint density at radius 2 is 1.70 bits per heavy atom. The van der Waals surface area contributed by atoms with E-state index < -0.39 is 40.3 Å². The summed E-state index contributed by atoms with van der Waals surface area (Å²) in [6, 6.07) is -2.71. The molecule has 10 heteroatoms. The molecule has 114 valence electrons. The zero-order valence-electron chi connectivity index (χ0n) is 10.5. The summed E-state index contributed by atoms with van der Waals surface area (Å²) in [5, 5.41) is 21.8. The third kappa shape index (κ3) is 5.43. The van der Waals surface area contributed by atoms with E-state index in [9.17, 15) is 22.8 Å². The lowest BCUT2D eigenvalue weighted by atomic mass is 10.1. The second kappa shape index (κ2) is 6.55.